The van der Waals surface area contributed by atoms with Crippen LogP contribution in [0.1, 0.15) is 23.2 Å². The largest absolute Gasteiger partial charge is 0.335 e. The van der Waals surface area contributed by atoms with E-state index in [1.165, 1.54) is 0 Å². The summed E-state index contributed by atoms with van der Waals surface area (Å²) in [5.74, 6) is 0.0262. The molecule has 0 unspecified atom stereocenters. The van der Waals surface area contributed by atoms with E-state index in [9.17, 15) is 4.79 Å². The number of rotatable bonds is 4. The van der Waals surface area contributed by atoms with E-state index in [0.29, 0.717) is 16.6 Å². The van der Waals surface area contributed by atoms with Crippen LogP contribution in [-0.2, 0) is 0 Å². The van der Waals surface area contributed by atoms with Gasteiger partial charge in [0.2, 0.25) is 0 Å². The second-order valence-corrected chi connectivity index (χ2v) is 6.05. The molecular weight excluding hydrogens is 369 g/mol. The molecule has 92 valence electrons. The second kappa shape index (κ2) is 5.72. The minimum absolute atomic E-state index is 0.0262. The van der Waals surface area contributed by atoms with Crippen molar-refractivity contribution in [3.05, 3.63) is 33.3 Å². The Hall–Kier alpha value is -0.0600. The van der Waals surface area contributed by atoms with Crippen LogP contribution in [0.5, 0.6) is 0 Å². The van der Waals surface area contributed by atoms with E-state index < -0.39 is 0 Å². The molecule has 0 radical (unpaired) electrons. The molecule has 0 bridgehead atoms. The van der Waals surface area contributed by atoms with Gasteiger partial charge >= 0.3 is 0 Å². The fourth-order valence-electron chi connectivity index (χ4n) is 1.75. The zero-order chi connectivity index (χ0) is 12.4. The molecule has 0 aromatic heterocycles. The van der Waals surface area contributed by atoms with E-state index in [-0.39, 0.29) is 5.91 Å². The SMILES string of the molecule is O=C(c1cccc(Br)c1Cl)N(CCBr)C1CC1. The molecule has 0 saturated heterocycles. The van der Waals surface area contributed by atoms with Crippen LogP contribution in [0.25, 0.3) is 0 Å². The van der Waals surface area contributed by atoms with E-state index in [0.717, 1.165) is 29.2 Å². The minimum atomic E-state index is 0.0262. The van der Waals surface area contributed by atoms with Crippen LogP contribution in [0.15, 0.2) is 22.7 Å². The van der Waals surface area contributed by atoms with E-state index >= 15 is 0 Å². The zero-order valence-corrected chi connectivity index (χ0v) is 13.1. The number of hydrogen-bond donors (Lipinski definition) is 0. The Morgan fingerprint density at radius 2 is 2.18 bits per heavy atom. The molecule has 2 rings (SSSR count). The summed E-state index contributed by atoms with van der Waals surface area (Å²) in [7, 11) is 0. The predicted octanol–water partition coefficient (Wildman–Crippen LogP) is 4.10. The van der Waals surface area contributed by atoms with Crippen molar-refractivity contribution < 1.29 is 4.79 Å². The summed E-state index contributed by atoms with van der Waals surface area (Å²) in [6.07, 6.45) is 2.20. The zero-order valence-electron chi connectivity index (χ0n) is 9.13. The molecule has 1 amide bonds. The maximum absolute atomic E-state index is 12.4. The van der Waals surface area contributed by atoms with Gasteiger partial charge in [0, 0.05) is 22.4 Å². The average Bonchev–Trinajstić information content (AvgIpc) is 3.13. The first-order valence-electron chi connectivity index (χ1n) is 5.46. The maximum Gasteiger partial charge on any atom is 0.255 e. The molecule has 0 heterocycles. The van der Waals surface area contributed by atoms with Crippen LogP contribution in [0.2, 0.25) is 5.02 Å². The van der Waals surface area contributed by atoms with Gasteiger partial charge in [-0.05, 0) is 40.9 Å². The Morgan fingerprint density at radius 1 is 1.47 bits per heavy atom. The lowest BCUT2D eigenvalue weighted by atomic mass is 10.2. The van der Waals surface area contributed by atoms with E-state index in [4.69, 9.17) is 11.6 Å². The first-order valence-corrected chi connectivity index (χ1v) is 7.75. The van der Waals surface area contributed by atoms with Crippen molar-refractivity contribution >= 4 is 49.4 Å². The van der Waals surface area contributed by atoms with Crippen LogP contribution in [0.3, 0.4) is 0 Å². The topological polar surface area (TPSA) is 20.3 Å². The quantitative estimate of drug-likeness (QED) is 0.719. The van der Waals surface area contributed by atoms with Crippen LogP contribution in [0.4, 0.5) is 0 Å². The summed E-state index contributed by atoms with van der Waals surface area (Å²) >= 11 is 12.9. The number of nitrogens with zero attached hydrogens (tertiary/aromatic N) is 1. The molecule has 1 aromatic rings. The molecule has 1 fully saturated rings. The van der Waals surface area contributed by atoms with Crippen LogP contribution < -0.4 is 0 Å². The first-order chi connectivity index (χ1) is 8.15. The monoisotopic (exact) mass is 379 g/mol. The summed E-state index contributed by atoms with van der Waals surface area (Å²) in [6, 6.07) is 5.85. The molecule has 1 aromatic carbocycles. The Balaban J connectivity index is 2.25. The molecular formula is C12H12Br2ClNO. The van der Waals surface area contributed by atoms with Crippen molar-refractivity contribution in [2.24, 2.45) is 0 Å². The van der Waals surface area contributed by atoms with E-state index in [1.54, 1.807) is 6.07 Å². The highest BCUT2D eigenvalue weighted by Gasteiger charge is 2.33. The minimum Gasteiger partial charge on any atom is -0.335 e. The summed E-state index contributed by atoms with van der Waals surface area (Å²) in [6.45, 7) is 0.729. The lowest BCUT2D eigenvalue weighted by Gasteiger charge is -2.22. The highest BCUT2D eigenvalue weighted by atomic mass is 79.9. The molecule has 0 atom stereocenters. The van der Waals surface area contributed by atoms with Gasteiger partial charge in [-0.1, -0.05) is 33.6 Å². The molecule has 1 aliphatic rings. The predicted molar refractivity (Wildman–Crippen MR) is 77.0 cm³/mol. The molecule has 5 heteroatoms. The van der Waals surface area contributed by atoms with Gasteiger partial charge in [-0.25, -0.2) is 0 Å². The van der Waals surface area contributed by atoms with Gasteiger partial charge in [-0.15, -0.1) is 0 Å². The van der Waals surface area contributed by atoms with Crippen molar-refractivity contribution in [1.82, 2.24) is 4.90 Å². The van der Waals surface area contributed by atoms with Crippen molar-refractivity contribution in [2.75, 3.05) is 11.9 Å². The summed E-state index contributed by atoms with van der Waals surface area (Å²) in [5.41, 5.74) is 0.578. The first kappa shape index (κ1) is 13.4. The lowest BCUT2D eigenvalue weighted by molar-refractivity contribution is 0.0755. The summed E-state index contributed by atoms with van der Waals surface area (Å²) < 4.78 is 0.764. The third-order valence-corrected chi connectivity index (χ3v) is 4.41. The normalized spacial score (nSPS) is 14.8. The van der Waals surface area contributed by atoms with Gasteiger partial charge in [0.1, 0.15) is 0 Å². The number of amides is 1. The number of halogens is 3. The molecule has 1 aliphatic carbocycles. The fraction of sp³-hybridized carbons (Fsp3) is 0.417. The fourth-order valence-corrected chi connectivity index (χ4v) is 2.71. The van der Waals surface area contributed by atoms with Crippen molar-refractivity contribution in [3.63, 3.8) is 0 Å². The molecule has 1 saturated carbocycles. The molecule has 2 nitrogen and oxygen atoms in total. The average molecular weight is 381 g/mol. The maximum atomic E-state index is 12.4. The Kier molecular flexibility index (Phi) is 4.50. The van der Waals surface area contributed by atoms with Crippen LogP contribution in [-0.4, -0.2) is 28.7 Å². The third-order valence-electron chi connectivity index (χ3n) is 2.76. The highest BCUT2D eigenvalue weighted by molar-refractivity contribution is 9.10. The van der Waals surface area contributed by atoms with Crippen molar-refractivity contribution in [3.8, 4) is 0 Å². The van der Waals surface area contributed by atoms with E-state index in [2.05, 4.69) is 31.9 Å². The van der Waals surface area contributed by atoms with Gasteiger partial charge in [-0.2, -0.15) is 0 Å². The molecule has 0 spiro atoms. The molecule has 17 heavy (non-hydrogen) atoms. The highest BCUT2D eigenvalue weighted by Crippen LogP contribution is 2.32. The summed E-state index contributed by atoms with van der Waals surface area (Å²) in [5, 5.41) is 1.29. The Morgan fingerprint density at radius 3 is 2.76 bits per heavy atom. The van der Waals surface area contributed by atoms with Crippen LogP contribution in [0, 0.1) is 0 Å². The number of alkyl halides is 1. The third kappa shape index (κ3) is 3.04. The van der Waals surface area contributed by atoms with Crippen LogP contribution >= 0.6 is 43.5 Å². The lowest BCUT2D eigenvalue weighted by Crippen LogP contribution is -2.34. The smallest absolute Gasteiger partial charge is 0.255 e. The second-order valence-electron chi connectivity index (χ2n) is 4.02. The molecule has 0 N–H and O–H groups in total. The van der Waals surface area contributed by atoms with E-state index in [1.807, 2.05) is 17.0 Å². The summed E-state index contributed by atoms with van der Waals surface area (Å²) in [4.78, 5) is 14.3. The van der Waals surface area contributed by atoms with Gasteiger partial charge in [0.05, 0.1) is 10.6 Å². The number of benzene rings is 1. The van der Waals surface area contributed by atoms with Crippen molar-refractivity contribution in [1.29, 1.82) is 0 Å². The Bertz CT molecular complexity index is 435. The number of carbonyl (C=O) groups is 1. The molecule has 0 aliphatic heterocycles. The van der Waals surface area contributed by atoms with Crippen molar-refractivity contribution in [2.45, 2.75) is 18.9 Å². The van der Waals surface area contributed by atoms with Gasteiger partial charge in [-0.3, -0.25) is 4.79 Å². The van der Waals surface area contributed by atoms with Gasteiger partial charge in [0.25, 0.3) is 5.91 Å². The number of hydrogen-bond acceptors (Lipinski definition) is 1. The Labute approximate surface area is 123 Å². The van der Waals surface area contributed by atoms with Gasteiger partial charge in [0.15, 0.2) is 0 Å². The standard InChI is InChI=1S/C12H12Br2ClNO/c13-6-7-16(8-4-5-8)12(17)9-2-1-3-10(14)11(9)15/h1-3,8H,4-7H2. The van der Waals surface area contributed by atoms with Gasteiger partial charge < -0.3 is 4.90 Å². The number of carbonyl (C=O) groups excluding carboxylic acids is 1.